The number of aromatic hydroxyl groups is 2. The van der Waals surface area contributed by atoms with Crippen molar-refractivity contribution in [2.24, 2.45) is 10.2 Å². The van der Waals surface area contributed by atoms with Crippen molar-refractivity contribution in [3.05, 3.63) is 40.0 Å². The van der Waals surface area contributed by atoms with Gasteiger partial charge in [0, 0.05) is 19.1 Å². The van der Waals surface area contributed by atoms with Crippen molar-refractivity contribution in [3.8, 4) is 11.5 Å². The van der Waals surface area contributed by atoms with Crippen LogP contribution < -0.4 is 5.32 Å². The molecule has 0 aliphatic heterocycles. The maximum Gasteiger partial charge on any atom is 0.221 e. The summed E-state index contributed by atoms with van der Waals surface area (Å²) in [7, 11) is 0. The van der Waals surface area contributed by atoms with Crippen molar-refractivity contribution < 1.29 is 15.0 Å². The minimum atomic E-state index is -0.274. The summed E-state index contributed by atoms with van der Waals surface area (Å²) in [5.74, 6) is -0.131. The lowest BCUT2D eigenvalue weighted by Gasteiger charge is -2.05. The molecule has 7 heteroatoms. The Hall–Kier alpha value is -2.16. The van der Waals surface area contributed by atoms with Gasteiger partial charge in [0.2, 0.25) is 5.91 Å². The molecule has 0 spiro atoms. The number of carbonyl (C=O) groups is 1. The smallest absolute Gasteiger partial charge is 0.221 e. The molecular formula is C14H12IN3O3. The molecule has 2 aromatic carbocycles. The summed E-state index contributed by atoms with van der Waals surface area (Å²) in [6.45, 7) is 1.36. The van der Waals surface area contributed by atoms with E-state index in [1.807, 2.05) is 22.6 Å². The van der Waals surface area contributed by atoms with Gasteiger partial charge in [-0.1, -0.05) is 0 Å². The van der Waals surface area contributed by atoms with E-state index in [9.17, 15) is 15.0 Å². The van der Waals surface area contributed by atoms with E-state index in [1.165, 1.54) is 31.2 Å². The number of phenols is 2. The van der Waals surface area contributed by atoms with E-state index >= 15 is 0 Å². The summed E-state index contributed by atoms with van der Waals surface area (Å²) in [4.78, 5) is 11.1. The molecule has 0 saturated heterocycles. The summed E-state index contributed by atoms with van der Waals surface area (Å²) in [6.07, 6.45) is 0. The number of halogens is 1. The third kappa shape index (κ3) is 4.15. The molecule has 21 heavy (non-hydrogen) atoms. The van der Waals surface area contributed by atoms with Gasteiger partial charge in [-0.2, -0.15) is 5.11 Å². The average Bonchev–Trinajstić information content (AvgIpc) is 2.41. The molecule has 6 nitrogen and oxygen atoms in total. The summed E-state index contributed by atoms with van der Waals surface area (Å²) in [5, 5.41) is 29.7. The monoisotopic (exact) mass is 397 g/mol. The molecular weight excluding hydrogens is 385 g/mol. The van der Waals surface area contributed by atoms with Crippen LogP contribution in [0, 0.1) is 3.57 Å². The van der Waals surface area contributed by atoms with E-state index in [1.54, 1.807) is 12.1 Å². The van der Waals surface area contributed by atoms with Gasteiger partial charge >= 0.3 is 0 Å². The van der Waals surface area contributed by atoms with Crippen molar-refractivity contribution in [1.82, 2.24) is 0 Å². The Kier molecular flexibility index (Phi) is 4.73. The first-order valence-electron chi connectivity index (χ1n) is 5.96. The number of carbonyl (C=O) groups excluding carboxylic acids is 1. The van der Waals surface area contributed by atoms with Crippen LogP contribution in [0.2, 0.25) is 0 Å². The largest absolute Gasteiger partial charge is 0.508 e. The Morgan fingerprint density at radius 1 is 1.14 bits per heavy atom. The van der Waals surface area contributed by atoms with Gasteiger partial charge in [-0.3, -0.25) is 4.79 Å². The lowest BCUT2D eigenvalue weighted by Crippen LogP contribution is -2.05. The van der Waals surface area contributed by atoms with E-state index in [0.29, 0.717) is 17.1 Å². The number of anilines is 1. The Morgan fingerprint density at radius 3 is 2.57 bits per heavy atom. The first-order valence-corrected chi connectivity index (χ1v) is 7.04. The minimum Gasteiger partial charge on any atom is -0.508 e. The van der Waals surface area contributed by atoms with Gasteiger partial charge in [0.25, 0.3) is 0 Å². The van der Waals surface area contributed by atoms with Crippen molar-refractivity contribution in [1.29, 1.82) is 0 Å². The van der Waals surface area contributed by atoms with Crippen LogP contribution in [-0.4, -0.2) is 16.1 Å². The number of hydrogen-bond acceptors (Lipinski definition) is 5. The zero-order valence-electron chi connectivity index (χ0n) is 11.0. The van der Waals surface area contributed by atoms with Crippen LogP contribution in [0.3, 0.4) is 0 Å². The van der Waals surface area contributed by atoms with Gasteiger partial charge in [0.05, 0.1) is 14.9 Å². The van der Waals surface area contributed by atoms with Gasteiger partial charge < -0.3 is 15.5 Å². The predicted molar refractivity (Wildman–Crippen MR) is 87.4 cm³/mol. The van der Waals surface area contributed by atoms with Crippen molar-refractivity contribution in [2.45, 2.75) is 6.92 Å². The van der Waals surface area contributed by atoms with Gasteiger partial charge in [0.1, 0.15) is 17.2 Å². The van der Waals surface area contributed by atoms with Gasteiger partial charge in [-0.25, -0.2) is 0 Å². The highest BCUT2D eigenvalue weighted by Gasteiger charge is 2.05. The number of nitrogens with zero attached hydrogens (tertiary/aromatic N) is 2. The Bertz CT molecular complexity index is 717. The van der Waals surface area contributed by atoms with E-state index in [0.717, 1.165) is 3.57 Å². The number of benzene rings is 2. The molecule has 0 fully saturated rings. The van der Waals surface area contributed by atoms with Crippen LogP contribution in [0.15, 0.2) is 46.6 Å². The molecule has 0 atom stereocenters. The fraction of sp³-hybridized carbons (Fsp3) is 0.0714. The lowest BCUT2D eigenvalue weighted by atomic mass is 10.2. The fourth-order valence-electron chi connectivity index (χ4n) is 1.58. The number of phenolic OH excluding ortho intramolecular Hbond substituents is 2. The highest BCUT2D eigenvalue weighted by Crippen LogP contribution is 2.31. The molecule has 1 amide bonds. The predicted octanol–water partition coefficient (Wildman–Crippen LogP) is 4.08. The van der Waals surface area contributed by atoms with Crippen LogP contribution in [0.4, 0.5) is 17.1 Å². The molecule has 108 valence electrons. The maximum absolute atomic E-state index is 11.1. The van der Waals surface area contributed by atoms with E-state index in [2.05, 4.69) is 15.5 Å². The van der Waals surface area contributed by atoms with Crippen LogP contribution in [-0.2, 0) is 4.79 Å². The SMILES string of the molecule is CC(=O)Nc1cc(O)ccc1N=Nc1ccc(I)c(O)c1. The highest BCUT2D eigenvalue weighted by atomic mass is 127. The number of hydrogen-bond donors (Lipinski definition) is 3. The third-order valence-corrected chi connectivity index (χ3v) is 3.41. The van der Waals surface area contributed by atoms with Gasteiger partial charge in [-0.05, 0) is 46.9 Å². The van der Waals surface area contributed by atoms with Crippen molar-refractivity contribution in [3.63, 3.8) is 0 Å². The molecule has 0 bridgehead atoms. The maximum atomic E-state index is 11.1. The average molecular weight is 397 g/mol. The first-order chi connectivity index (χ1) is 9.95. The molecule has 0 aromatic heterocycles. The molecule has 0 aliphatic carbocycles. The highest BCUT2D eigenvalue weighted by molar-refractivity contribution is 14.1. The zero-order valence-corrected chi connectivity index (χ0v) is 13.2. The second kappa shape index (κ2) is 6.53. The molecule has 3 N–H and O–H groups in total. The summed E-state index contributed by atoms with van der Waals surface area (Å²) in [6, 6.07) is 9.30. The Morgan fingerprint density at radius 2 is 1.90 bits per heavy atom. The molecule has 0 heterocycles. The van der Waals surface area contributed by atoms with Crippen LogP contribution in [0.25, 0.3) is 0 Å². The summed E-state index contributed by atoms with van der Waals surface area (Å²) >= 11 is 2.01. The molecule has 0 saturated carbocycles. The molecule has 0 radical (unpaired) electrons. The molecule has 2 rings (SSSR count). The summed E-state index contributed by atoms with van der Waals surface area (Å²) < 4.78 is 0.718. The quantitative estimate of drug-likeness (QED) is 0.538. The van der Waals surface area contributed by atoms with Crippen LogP contribution in [0.1, 0.15) is 6.92 Å². The minimum absolute atomic E-state index is 0.0182. The summed E-state index contributed by atoms with van der Waals surface area (Å²) in [5.41, 5.74) is 1.25. The Labute approximate surface area is 134 Å². The Balaban J connectivity index is 2.31. The topological polar surface area (TPSA) is 94.3 Å². The fourth-order valence-corrected chi connectivity index (χ4v) is 1.91. The van der Waals surface area contributed by atoms with E-state index in [-0.39, 0.29) is 17.4 Å². The van der Waals surface area contributed by atoms with Crippen LogP contribution >= 0.6 is 22.6 Å². The number of nitrogens with one attached hydrogen (secondary N) is 1. The number of rotatable bonds is 3. The lowest BCUT2D eigenvalue weighted by molar-refractivity contribution is -0.114. The van der Waals surface area contributed by atoms with Gasteiger partial charge in [0.15, 0.2) is 0 Å². The second-order valence-corrected chi connectivity index (χ2v) is 5.38. The zero-order chi connectivity index (χ0) is 15.4. The normalized spacial score (nSPS) is 10.8. The standard InChI is InChI=1S/C14H12IN3O3/c1-8(19)16-13-7-10(20)3-5-12(13)18-17-9-2-4-11(15)14(21)6-9/h2-7,20-21H,1H3,(H,16,19). The van der Waals surface area contributed by atoms with Crippen molar-refractivity contribution in [2.75, 3.05) is 5.32 Å². The molecule has 2 aromatic rings. The van der Waals surface area contributed by atoms with E-state index < -0.39 is 0 Å². The van der Waals surface area contributed by atoms with Crippen molar-refractivity contribution >= 4 is 45.6 Å². The van der Waals surface area contributed by atoms with E-state index in [4.69, 9.17) is 0 Å². The van der Waals surface area contributed by atoms with Crippen LogP contribution in [0.5, 0.6) is 11.5 Å². The number of amides is 1. The second-order valence-electron chi connectivity index (χ2n) is 4.22. The molecule has 0 aliphatic rings. The molecule has 0 unspecified atom stereocenters. The number of azo groups is 1. The van der Waals surface area contributed by atoms with Gasteiger partial charge in [-0.15, -0.1) is 5.11 Å². The first kappa shape index (κ1) is 15.2. The third-order valence-electron chi connectivity index (χ3n) is 2.49.